The van der Waals surface area contributed by atoms with Gasteiger partial charge in [0.1, 0.15) is 5.75 Å². The van der Waals surface area contributed by atoms with Crippen molar-refractivity contribution in [3.8, 4) is 5.75 Å². The van der Waals surface area contributed by atoms with Crippen molar-refractivity contribution < 1.29 is 24.5 Å². The first kappa shape index (κ1) is 15.0. The highest BCUT2D eigenvalue weighted by Gasteiger charge is 2.22. The van der Waals surface area contributed by atoms with Crippen LogP contribution in [0.15, 0.2) is 24.3 Å². The fourth-order valence-electron chi connectivity index (χ4n) is 1.65. The molecule has 0 aliphatic rings. The molecule has 0 aliphatic carbocycles. The Balaban J connectivity index is 2.72. The summed E-state index contributed by atoms with van der Waals surface area (Å²) in [7, 11) is 0. The van der Waals surface area contributed by atoms with Gasteiger partial charge in [0.2, 0.25) is 0 Å². The largest absolute Gasteiger partial charge is 0.494 e. The van der Waals surface area contributed by atoms with Gasteiger partial charge in [-0.3, -0.25) is 9.59 Å². The van der Waals surface area contributed by atoms with Crippen LogP contribution in [0.1, 0.15) is 37.7 Å². The summed E-state index contributed by atoms with van der Waals surface area (Å²) in [5.41, 5.74) is 0.470. The molecule has 0 fully saturated rings. The first-order valence-corrected chi connectivity index (χ1v) is 6.22. The number of hydrogen-bond donors (Lipinski definition) is 2. The molecule has 104 valence electrons. The topological polar surface area (TPSA) is 83.8 Å². The third-order valence-electron chi connectivity index (χ3n) is 2.73. The van der Waals surface area contributed by atoms with Gasteiger partial charge in [0.15, 0.2) is 0 Å². The van der Waals surface area contributed by atoms with Gasteiger partial charge < -0.3 is 14.9 Å². The number of unbranched alkanes of at least 4 members (excludes halogenated alkanes) is 1. The fourth-order valence-corrected chi connectivity index (χ4v) is 1.65. The first-order chi connectivity index (χ1) is 9.04. The zero-order valence-electron chi connectivity index (χ0n) is 10.8. The van der Waals surface area contributed by atoms with Crippen LogP contribution < -0.4 is 4.74 Å². The maximum absolute atomic E-state index is 11.0. The zero-order valence-corrected chi connectivity index (χ0v) is 10.8. The number of benzene rings is 1. The van der Waals surface area contributed by atoms with Crippen molar-refractivity contribution in [2.45, 2.75) is 32.1 Å². The molecule has 1 aromatic rings. The van der Waals surface area contributed by atoms with Gasteiger partial charge in [-0.25, -0.2) is 0 Å². The summed E-state index contributed by atoms with van der Waals surface area (Å²) in [6, 6.07) is 6.54. The van der Waals surface area contributed by atoms with Crippen molar-refractivity contribution >= 4 is 11.9 Å². The van der Waals surface area contributed by atoms with E-state index < -0.39 is 24.3 Å². The predicted octanol–water partition coefficient (Wildman–Crippen LogP) is 2.51. The standard InChI is InChI=1S/C14H18O5/c1-2-3-8-19-11-6-4-10(5-7-11)12(14(17)18)9-13(15)16/h4-7,12H,2-3,8-9H2,1H3,(H,15,16)(H,17,18)/t12-/m1/s1. The molecular weight excluding hydrogens is 248 g/mol. The van der Waals surface area contributed by atoms with E-state index in [2.05, 4.69) is 6.92 Å². The van der Waals surface area contributed by atoms with Crippen molar-refractivity contribution in [2.24, 2.45) is 0 Å². The molecule has 0 bridgehead atoms. The Hall–Kier alpha value is -2.04. The second kappa shape index (κ2) is 7.41. The van der Waals surface area contributed by atoms with Crippen LogP contribution in [0.25, 0.3) is 0 Å². The molecule has 1 aromatic carbocycles. The molecule has 0 spiro atoms. The Morgan fingerprint density at radius 2 is 1.84 bits per heavy atom. The summed E-state index contributed by atoms with van der Waals surface area (Å²) in [5.74, 6) is -2.63. The van der Waals surface area contributed by atoms with Crippen LogP contribution in [-0.4, -0.2) is 28.8 Å². The zero-order chi connectivity index (χ0) is 14.3. The molecule has 1 rings (SSSR count). The smallest absolute Gasteiger partial charge is 0.311 e. The number of carboxylic acids is 2. The average molecular weight is 266 g/mol. The summed E-state index contributed by atoms with van der Waals surface area (Å²) in [6.07, 6.45) is 1.57. The third-order valence-corrected chi connectivity index (χ3v) is 2.73. The van der Waals surface area contributed by atoms with Gasteiger partial charge in [0.05, 0.1) is 18.9 Å². The predicted molar refractivity (Wildman–Crippen MR) is 69.5 cm³/mol. The highest BCUT2D eigenvalue weighted by molar-refractivity contribution is 5.82. The minimum Gasteiger partial charge on any atom is -0.494 e. The lowest BCUT2D eigenvalue weighted by Crippen LogP contribution is -2.15. The lowest BCUT2D eigenvalue weighted by Gasteiger charge is -2.11. The van der Waals surface area contributed by atoms with Crippen molar-refractivity contribution in [1.29, 1.82) is 0 Å². The maximum Gasteiger partial charge on any atom is 0.311 e. The summed E-state index contributed by atoms with van der Waals surface area (Å²) in [4.78, 5) is 21.7. The lowest BCUT2D eigenvalue weighted by atomic mass is 9.96. The minimum atomic E-state index is -1.14. The van der Waals surface area contributed by atoms with E-state index in [9.17, 15) is 9.59 Å². The SMILES string of the molecule is CCCCOc1ccc([C@@H](CC(=O)O)C(=O)O)cc1. The van der Waals surface area contributed by atoms with Crippen molar-refractivity contribution in [2.75, 3.05) is 6.61 Å². The highest BCUT2D eigenvalue weighted by Crippen LogP contribution is 2.23. The molecule has 1 atom stereocenters. The molecule has 0 amide bonds. The number of rotatable bonds is 8. The second-order valence-electron chi connectivity index (χ2n) is 4.26. The summed E-state index contributed by atoms with van der Waals surface area (Å²) in [5, 5.41) is 17.7. The molecular formula is C14H18O5. The van der Waals surface area contributed by atoms with E-state index in [1.165, 1.54) is 0 Å². The van der Waals surface area contributed by atoms with E-state index in [0.717, 1.165) is 12.8 Å². The lowest BCUT2D eigenvalue weighted by molar-refractivity contribution is -0.145. The van der Waals surface area contributed by atoms with Crippen molar-refractivity contribution in [3.05, 3.63) is 29.8 Å². The fraction of sp³-hybridized carbons (Fsp3) is 0.429. The maximum atomic E-state index is 11.0. The van der Waals surface area contributed by atoms with Crippen LogP contribution in [0.4, 0.5) is 0 Å². The number of carboxylic acid groups (broad SMARTS) is 2. The van der Waals surface area contributed by atoms with Crippen LogP contribution in [0, 0.1) is 0 Å². The molecule has 0 heterocycles. The Kier molecular flexibility index (Phi) is 5.85. The number of carbonyl (C=O) groups is 2. The van der Waals surface area contributed by atoms with Crippen LogP contribution in [0.5, 0.6) is 5.75 Å². The number of hydrogen-bond acceptors (Lipinski definition) is 3. The van der Waals surface area contributed by atoms with E-state index in [-0.39, 0.29) is 0 Å². The van der Waals surface area contributed by atoms with E-state index in [1.807, 2.05) is 0 Å². The van der Waals surface area contributed by atoms with Gasteiger partial charge in [0, 0.05) is 0 Å². The molecule has 2 N–H and O–H groups in total. The average Bonchev–Trinajstić information content (AvgIpc) is 2.37. The molecule has 5 heteroatoms. The quantitative estimate of drug-likeness (QED) is 0.706. The summed E-state index contributed by atoms with van der Waals surface area (Å²) in [6.45, 7) is 2.68. The molecule has 19 heavy (non-hydrogen) atoms. The van der Waals surface area contributed by atoms with E-state index in [1.54, 1.807) is 24.3 Å². The Bertz CT molecular complexity index is 424. The molecule has 0 aliphatic heterocycles. The van der Waals surface area contributed by atoms with E-state index in [4.69, 9.17) is 14.9 Å². The Labute approximate surface area is 111 Å². The minimum absolute atomic E-state index is 0.425. The Morgan fingerprint density at radius 3 is 2.32 bits per heavy atom. The number of ether oxygens (including phenoxy) is 1. The summed E-state index contributed by atoms with van der Waals surface area (Å²) >= 11 is 0. The van der Waals surface area contributed by atoms with Gasteiger partial charge in [-0.05, 0) is 24.1 Å². The molecule has 0 saturated carbocycles. The van der Waals surface area contributed by atoms with E-state index in [0.29, 0.717) is 17.9 Å². The molecule has 0 unspecified atom stereocenters. The molecule has 0 aromatic heterocycles. The van der Waals surface area contributed by atoms with Crippen LogP contribution in [0.3, 0.4) is 0 Å². The number of aliphatic carboxylic acids is 2. The third kappa shape index (κ3) is 4.99. The normalized spacial score (nSPS) is 11.8. The molecule has 0 saturated heterocycles. The first-order valence-electron chi connectivity index (χ1n) is 6.22. The van der Waals surface area contributed by atoms with Gasteiger partial charge in [-0.15, -0.1) is 0 Å². The second-order valence-corrected chi connectivity index (χ2v) is 4.26. The monoisotopic (exact) mass is 266 g/mol. The van der Waals surface area contributed by atoms with E-state index >= 15 is 0 Å². The Morgan fingerprint density at radius 1 is 1.21 bits per heavy atom. The van der Waals surface area contributed by atoms with Crippen molar-refractivity contribution in [1.82, 2.24) is 0 Å². The van der Waals surface area contributed by atoms with Gasteiger partial charge in [-0.2, -0.15) is 0 Å². The highest BCUT2D eigenvalue weighted by atomic mass is 16.5. The van der Waals surface area contributed by atoms with Gasteiger partial charge in [-0.1, -0.05) is 25.5 Å². The van der Waals surface area contributed by atoms with Crippen LogP contribution in [-0.2, 0) is 9.59 Å². The van der Waals surface area contributed by atoms with Crippen LogP contribution >= 0.6 is 0 Å². The van der Waals surface area contributed by atoms with Gasteiger partial charge in [0.25, 0.3) is 0 Å². The molecule has 5 nitrogen and oxygen atoms in total. The van der Waals surface area contributed by atoms with Gasteiger partial charge >= 0.3 is 11.9 Å². The van der Waals surface area contributed by atoms with Crippen LogP contribution in [0.2, 0.25) is 0 Å². The summed E-state index contributed by atoms with van der Waals surface area (Å²) < 4.78 is 5.46. The van der Waals surface area contributed by atoms with Crippen molar-refractivity contribution in [3.63, 3.8) is 0 Å². The molecule has 0 radical (unpaired) electrons.